The molecule has 0 aliphatic rings. The van der Waals surface area contributed by atoms with E-state index in [9.17, 15) is 9.59 Å². The van der Waals surface area contributed by atoms with Gasteiger partial charge in [0.1, 0.15) is 18.1 Å². The quantitative estimate of drug-likeness (QED) is 0.295. The van der Waals surface area contributed by atoms with Gasteiger partial charge in [0.25, 0.3) is 5.91 Å². The van der Waals surface area contributed by atoms with Gasteiger partial charge in [-0.3, -0.25) is 25.4 Å². The number of nitrogens with one attached hydrogen (secondary N) is 2. The van der Waals surface area contributed by atoms with Crippen LogP contribution in [0.4, 0.5) is 0 Å². The van der Waals surface area contributed by atoms with Crippen molar-refractivity contribution in [2.75, 3.05) is 0 Å². The number of benzene rings is 2. The SMILES string of the molecule is O=C(NNC(=O)c1ccc(COc2ccccc2)o1)c1ccc(SCc2cccnc2)cc1. The molecular weight excluding hydrogens is 438 g/mol. The average molecular weight is 460 g/mol. The summed E-state index contributed by atoms with van der Waals surface area (Å²) in [5.41, 5.74) is 6.31. The van der Waals surface area contributed by atoms with Crippen molar-refractivity contribution in [3.63, 3.8) is 0 Å². The van der Waals surface area contributed by atoms with Crippen LogP contribution < -0.4 is 15.6 Å². The molecule has 2 heterocycles. The highest BCUT2D eigenvalue weighted by Crippen LogP contribution is 2.22. The van der Waals surface area contributed by atoms with Crippen LogP contribution in [0.5, 0.6) is 5.75 Å². The maximum Gasteiger partial charge on any atom is 0.305 e. The number of thioether (sulfide) groups is 1. The molecule has 2 amide bonds. The van der Waals surface area contributed by atoms with Crippen LogP contribution >= 0.6 is 11.8 Å². The number of furan rings is 1. The summed E-state index contributed by atoms with van der Waals surface area (Å²) in [5.74, 6) is 1.08. The Labute approximate surface area is 195 Å². The first-order valence-electron chi connectivity index (χ1n) is 10.2. The molecule has 4 rings (SSSR count). The summed E-state index contributed by atoms with van der Waals surface area (Å²) in [7, 11) is 0. The lowest BCUT2D eigenvalue weighted by Gasteiger charge is -2.07. The van der Waals surface area contributed by atoms with Gasteiger partial charge in [0, 0.05) is 28.6 Å². The highest BCUT2D eigenvalue weighted by Gasteiger charge is 2.13. The van der Waals surface area contributed by atoms with Gasteiger partial charge in [0.15, 0.2) is 5.76 Å². The maximum atomic E-state index is 12.3. The second-order valence-electron chi connectivity index (χ2n) is 6.95. The van der Waals surface area contributed by atoms with Crippen molar-refractivity contribution in [3.05, 3.63) is 114 Å². The number of hydrogen-bond acceptors (Lipinski definition) is 6. The smallest absolute Gasteiger partial charge is 0.305 e. The Morgan fingerprint density at radius 3 is 2.42 bits per heavy atom. The molecule has 0 fully saturated rings. The molecular formula is C25H21N3O4S. The fraction of sp³-hybridized carbons (Fsp3) is 0.0800. The lowest BCUT2D eigenvalue weighted by atomic mass is 10.2. The van der Waals surface area contributed by atoms with Gasteiger partial charge >= 0.3 is 5.91 Å². The Kier molecular flexibility index (Phi) is 7.40. The monoisotopic (exact) mass is 459 g/mol. The number of aromatic nitrogens is 1. The van der Waals surface area contributed by atoms with Crippen molar-refractivity contribution < 1.29 is 18.7 Å². The van der Waals surface area contributed by atoms with Crippen LogP contribution in [0, 0.1) is 0 Å². The second-order valence-corrected chi connectivity index (χ2v) is 8.00. The van der Waals surface area contributed by atoms with E-state index in [2.05, 4.69) is 15.8 Å². The van der Waals surface area contributed by atoms with Crippen LogP contribution in [0.3, 0.4) is 0 Å². The van der Waals surface area contributed by atoms with Gasteiger partial charge in [0.05, 0.1) is 0 Å². The Morgan fingerprint density at radius 1 is 0.879 bits per heavy atom. The predicted molar refractivity (Wildman–Crippen MR) is 125 cm³/mol. The van der Waals surface area contributed by atoms with E-state index in [1.165, 1.54) is 6.07 Å². The van der Waals surface area contributed by atoms with Gasteiger partial charge in [-0.1, -0.05) is 24.3 Å². The van der Waals surface area contributed by atoms with E-state index in [4.69, 9.17) is 9.15 Å². The summed E-state index contributed by atoms with van der Waals surface area (Å²) in [6.45, 7) is 0.189. The molecule has 0 spiro atoms. The van der Waals surface area contributed by atoms with Crippen LogP contribution in [0.25, 0.3) is 0 Å². The molecule has 0 aliphatic carbocycles. The Bertz CT molecular complexity index is 1200. The molecule has 0 saturated heterocycles. The van der Waals surface area contributed by atoms with Crippen molar-refractivity contribution in [1.29, 1.82) is 0 Å². The van der Waals surface area contributed by atoms with Crippen LogP contribution in [0.2, 0.25) is 0 Å². The third kappa shape index (κ3) is 6.47. The van der Waals surface area contributed by atoms with Crippen molar-refractivity contribution in [3.8, 4) is 5.75 Å². The maximum absolute atomic E-state index is 12.3. The summed E-state index contributed by atoms with van der Waals surface area (Å²) in [5, 5.41) is 0. The number of hydrogen-bond donors (Lipinski definition) is 2. The van der Waals surface area contributed by atoms with Crippen molar-refractivity contribution >= 4 is 23.6 Å². The first kappa shape index (κ1) is 22.2. The fourth-order valence-corrected chi connectivity index (χ4v) is 3.68. The Balaban J connectivity index is 1.23. The minimum atomic E-state index is -0.557. The number of ether oxygens (including phenoxy) is 1. The van der Waals surface area contributed by atoms with Crippen molar-refractivity contribution in [2.45, 2.75) is 17.3 Å². The largest absolute Gasteiger partial charge is 0.486 e. The summed E-state index contributed by atoms with van der Waals surface area (Å²) < 4.78 is 11.1. The standard InChI is InChI=1S/C25H21N3O4S/c29-24(19-8-11-22(12-9-19)33-17-18-5-4-14-26-15-18)27-28-25(30)23-13-10-21(32-23)16-31-20-6-2-1-3-7-20/h1-15H,16-17H2,(H,27,29)(H,28,30). The molecule has 166 valence electrons. The number of rotatable bonds is 8. The molecule has 0 unspecified atom stereocenters. The van der Waals surface area contributed by atoms with E-state index in [1.807, 2.05) is 60.8 Å². The molecule has 2 aromatic carbocycles. The van der Waals surface area contributed by atoms with Crippen molar-refractivity contribution in [1.82, 2.24) is 15.8 Å². The molecule has 0 saturated carbocycles. The molecule has 0 bridgehead atoms. The second kappa shape index (κ2) is 11.0. The van der Waals surface area contributed by atoms with E-state index in [0.29, 0.717) is 17.1 Å². The van der Waals surface area contributed by atoms with E-state index in [0.717, 1.165) is 16.2 Å². The first-order valence-corrected chi connectivity index (χ1v) is 11.1. The number of carbonyl (C=O) groups excluding carboxylic acids is 2. The van der Waals surface area contributed by atoms with Crippen LogP contribution in [0.15, 0.2) is 101 Å². The zero-order valence-corrected chi connectivity index (χ0v) is 18.4. The molecule has 33 heavy (non-hydrogen) atoms. The normalized spacial score (nSPS) is 10.4. The zero-order valence-electron chi connectivity index (χ0n) is 17.6. The highest BCUT2D eigenvalue weighted by molar-refractivity contribution is 7.98. The van der Waals surface area contributed by atoms with Crippen LogP contribution in [-0.2, 0) is 12.4 Å². The number of amides is 2. The number of hydrazine groups is 1. The molecule has 2 aromatic heterocycles. The summed E-state index contributed by atoms with van der Waals surface area (Å²) in [6.07, 6.45) is 3.57. The average Bonchev–Trinajstić information content (AvgIpc) is 3.35. The lowest BCUT2D eigenvalue weighted by Crippen LogP contribution is -2.41. The van der Waals surface area contributed by atoms with Crippen LogP contribution in [0.1, 0.15) is 32.2 Å². The summed E-state index contributed by atoms with van der Waals surface area (Å²) in [4.78, 5) is 29.7. The Morgan fingerprint density at radius 2 is 1.67 bits per heavy atom. The van der Waals surface area contributed by atoms with Gasteiger partial charge in [-0.25, -0.2) is 0 Å². The molecule has 0 radical (unpaired) electrons. The number of carbonyl (C=O) groups is 2. The topological polar surface area (TPSA) is 93.5 Å². The van der Waals surface area contributed by atoms with Gasteiger partial charge in [-0.05, 0) is 60.2 Å². The van der Waals surface area contributed by atoms with Gasteiger partial charge in [0.2, 0.25) is 0 Å². The summed E-state index contributed by atoms with van der Waals surface area (Å²) in [6, 6.07) is 23.5. The van der Waals surface area contributed by atoms with Crippen LogP contribution in [-0.4, -0.2) is 16.8 Å². The molecule has 8 heteroatoms. The molecule has 0 atom stereocenters. The van der Waals surface area contributed by atoms with Crippen molar-refractivity contribution in [2.24, 2.45) is 0 Å². The van der Waals surface area contributed by atoms with E-state index in [1.54, 1.807) is 36.2 Å². The van der Waals surface area contributed by atoms with Gasteiger partial charge < -0.3 is 9.15 Å². The number of para-hydroxylation sites is 1. The van der Waals surface area contributed by atoms with E-state index >= 15 is 0 Å². The first-order chi connectivity index (χ1) is 16.2. The van der Waals surface area contributed by atoms with E-state index < -0.39 is 11.8 Å². The minimum Gasteiger partial charge on any atom is -0.486 e. The molecule has 0 aliphatic heterocycles. The number of pyridine rings is 1. The molecule has 2 N–H and O–H groups in total. The minimum absolute atomic E-state index is 0.0733. The third-order valence-corrected chi connectivity index (χ3v) is 5.63. The zero-order chi connectivity index (χ0) is 22.9. The van der Waals surface area contributed by atoms with Gasteiger partial charge in [-0.2, -0.15) is 0 Å². The predicted octanol–water partition coefficient (Wildman–Crippen LogP) is 4.62. The molecule has 4 aromatic rings. The van der Waals surface area contributed by atoms with Gasteiger partial charge in [-0.15, -0.1) is 11.8 Å². The van der Waals surface area contributed by atoms with E-state index in [-0.39, 0.29) is 12.4 Å². The Hall–Kier alpha value is -4.04. The third-order valence-electron chi connectivity index (χ3n) is 4.54. The highest BCUT2D eigenvalue weighted by atomic mass is 32.2. The lowest BCUT2D eigenvalue weighted by molar-refractivity contribution is 0.0828. The molecule has 7 nitrogen and oxygen atoms in total. The fourth-order valence-electron chi connectivity index (χ4n) is 2.85. The number of nitrogens with zero attached hydrogens (tertiary/aromatic N) is 1. The summed E-state index contributed by atoms with van der Waals surface area (Å²) >= 11 is 1.65.